The molecule has 0 saturated carbocycles. The topological polar surface area (TPSA) is 82.3 Å². The van der Waals surface area contributed by atoms with Crippen LogP contribution in [0, 0.1) is 5.82 Å². The van der Waals surface area contributed by atoms with Crippen LogP contribution in [0.5, 0.6) is 5.88 Å². The standard InChI is InChI=1S/C28H34FN7O/c1-17(2)36-16-21-25(27(36)37)32-28(35(5)15-14-34(3)4)33-26(21)31-24-19-8-6-10-22(29)18(19)11-12-23-20(24)9-7-13-30-23/h6-10,13,16-17,24,37H,11-12,14-15H2,1-5H3,(H,31,32,33). The van der Waals surface area contributed by atoms with Crippen LogP contribution in [0.25, 0.3) is 10.9 Å². The molecule has 1 aromatic carbocycles. The Balaban J connectivity index is 1.68. The van der Waals surface area contributed by atoms with Crippen LogP contribution in [-0.4, -0.2) is 63.8 Å². The van der Waals surface area contributed by atoms with Gasteiger partial charge in [0.2, 0.25) is 11.8 Å². The first-order chi connectivity index (χ1) is 17.7. The Bertz CT molecular complexity index is 1430. The lowest BCUT2D eigenvalue weighted by atomic mass is 9.95. The van der Waals surface area contributed by atoms with Gasteiger partial charge in [0.25, 0.3) is 0 Å². The third kappa shape index (κ3) is 4.71. The summed E-state index contributed by atoms with van der Waals surface area (Å²) in [6, 6.07) is 8.86. The van der Waals surface area contributed by atoms with Gasteiger partial charge in [-0.2, -0.15) is 4.98 Å². The Morgan fingerprint density at radius 1 is 1.08 bits per heavy atom. The van der Waals surface area contributed by atoms with Gasteiger partial charge in [-0.15, -0.1) is 0 Å². The van der Waals surface area contributed by atoms with E-state index in [0.29, 0.717) is 47.6 Å². The minimum absolute atomic E-state index is 0.0367. The number of rotatable bonds is 7. The highest BCUT2D eigenvalue weighted by atomic mass is 19.1. The molecule has 8 nitrogen and oxygen atoms in total. The van der Waals surface area contributed by atoms with Crippen LogP contribution in [0.15, 0.2) is 42.7 Å². The molecule has 1 aliphatic rings. The van der Waals surface area contributed by atoms with Crippen molar-refractivity contribution in [1.29, 1.82) is 0 Å². The van der Waals surface area contributed by atoms with Crippen molar-refractivity contribution in [3.05, 3.63) is 70.9 Å². The molecule has 0 bridgehead atoms. The second kappa shape index (κ2) is 9.97. The van der Waals surface area contributed by atoms with Crippen molar-refractivity contribution in [2.45, 2.75) is 38.8 Å². The summed E-state index contributed by atoms with van der Waals surface area (Å²) in [5.41, 5.74) is 3.97. The molecular formula is C28H34FN7O. The fraction of sp³-hybridized carbons (Fsp3) is 0.393. The van der Waals surface area contributed by atoms with E-state index >= 15 is 0 Å². The van der Waals surface area contributed by atoms with E-state index in [1.807, 2.05) is 64.3 Å². The molecule has 3 aromatic heterocycles. The molecule has 4 aromatic rings. The Hall–Kier alpha value is -3.72. The predicted octanol–water partition coefficient (Wildman–Crippen LogP) is 4.55. The summed E-state index contributed by atoms with van der Waals surface area (Å²) in [5.74, 6) is 0.987. The molecule has 1 aliphatic carbocycles. The third-order valence-electron chi connectivity index (χ3n) is 7.03. The van der Waals surface area contributed by atoms with E-state index in [-0.39, 0.29) is 23.8 Å². The summed E-state index contributed by atoms with van der Waals surface area (Å²) < 4.78 is 16.8. The van der Waals surface area contributed by atoms with Crippen molar-refractivity contribution in [1.82, 2.24) is 24.4 Å². The number of fused-ring (bicyclic) bond motifs is 3. The maximum atomic E-state index is 15.0. The normalized spacial score (nSPS) is 15.1. The van der Waals surface area contributed by atoms with Gasteiger partial charge >= 0.3 is 0 Å². The molecule has 2 N–H and O–H groups in total. The largest absolute Gasteiger partial charge is 0.493 e. The molecular weight excluding hydrogens is 469 g/mol. The van der Waals surface area contributed by atoms with E-state index in [4.69, 9.17) is 9.97 Å². The van der Waals surface area contributed by atoms with Gasteiger partial charge in [0, 0.05) is 49.8 Å². The number of pyridine rings is 1. The van der Waals surface area contributed by atoms with Crippen LogP contribution in [0.4, 0.5) is 16.2 Å². The Morgan fingerprint density at radius 3 is 2.62 bits per heavy atom. The van der Waals surface area contributed by atoms with Crippen molar-refractivity contribution in [3.63, 3.8) is 0 Å². The Morgan fingerprint density at radius 2 is 1.86 bits per heavy atom. The lowest BCUT2D eigenvalue weighted by Crippen LogP contribution is -2.30. The number of nitrogens with zero attached hydrogens (tertiary/aromatic N) is 6. The predicted molar refractivity (Wildman–Crippen MR) is 145 cm³/mol. The monoisotopic (exact) mass is 503 g/mol. The average molecular weight is 504 g/mol. The minimum atomic E-state index is -0.362. The van der Waals surface area contributed by atoms with Crippen LogP contribution < -0.4 is 10.2 Å². The van der Waals surface area contributed by atoms with E-state index in [9.17, 15) is 9.50 Å². The summed E-state index contributed by atoms with van der Waals surface area (Å²) in [6.45, 7) is 5.56. The summed E-state index contributed by atoms with van der Waals surface area (Å²) in [7, 11) is 5.99. The summed E-state index contributed by atoms with van der Waals surface area (Å²) in [6.07, 6.45) is 4.90. The van der Waals surface area contributed by atoms with Gasteiger partial charge < -0.3 is 24.8 Å². The number of likely N-dealkylation sites (N-methyl/N-ethyl adjacent to an activating group) is 2. The Kier molecular flexibility index (Phi) is 6.72. The van der Waals surface area contributed by atoms with Gasteiger partial charge in [0.05, 0.1) is 11.4 Å². The van der Waals surface area contributed by atoms with Crippen LogP contribution >= 0.6 is 0 Å². The maximum absolute atomic E-state index is 15.0. The number of aromatic hydroxyl groups is 1. The van der Waals surface area contributed by atoms with E-state index in [1.54, 1.807) is 16.8 Å². The van der Waals surface area contributed by atoms with Gasteiger partial charge in [-0.05, 0) is 64.0 Å². The number of nitrogens with one attached hydrogen (secondary N) is 1. The van der Waals surface area contributed by atoms with Crippen LogP contribution in [0.1, 0.15) is 48.3 Å². The van der Waals surface area contributed by atoms with E-state index in [0.717, 1.165) is 23.4 Å². The zero-order valence-corrected chi connectivity index (χ0v) is 22.0. The number of benzene rings is 1. The Labute approximate surface area is 216 Å². The fourth-order valence-corrected chi connectivity index (χ4v) is 4.93. The SMILES string of the molecule is CC(C)n1cc2c(NC3c4cccnc4CCc4c(F)cccc43)nc(N(C)CCN(C)C)nc2c1O. The zero-order valence-electron chi connectivity index (χ0n) is 22.0. The van der Waals surface area contributed by atoms with E-state index in [2.05, 4.69) is 15.2 Å². The molecule has 9 heteroatoms. The zero-order chi connectivity index (χ0) is 26.3. The van der Waals surface area contributed by atoms with Crippen molar-refractivity contribution < 1.29 is 9.50 Å². The lowest BCUT2D eigenvalue weighted by molar-refractivity contribution is 0.404. The molecule has 5 rings (SSSR count). The number of aryl methyl sites for hydroxylation is 1. The number of halogens is 1. The molecule has 0 radical (unpaired) electrons. The number of anilines is 2. The van der Waals surface area contributed by atoms with Gasteiger partial charge in [-0.3, -0.25) is 4.98 Å². The van der Waals surface area contributed by atoms with E-state index in [1.165, 1.54) is 6.07 Å². The van der Waals surface area contributed by atoms with Gasteiger partial charge in [0.1, 0.15) is 17.2 Å². The highest BCUT2D eigenvalue weighted by Gasteiger charge is 2.28. The van der Waals surface area contributed by atoms with Crippen LogP contribution in [0.2, 0.25) is 0 Å². The smallest absolute Gasteiger partial charge is 0.227 e. The number of hydrogen-bond donors (Lipinski definition) is 2. The molecule has 0 saturated heterocycles. The second-order valence-corrected chi connectivity index (χ2v) is 10.2. The summed E-state index contributed by atoms with van der Waals surface area (Å²) in [5, 5.41) is 15.4. The van der Waals surface area contributed by atoms with Gasteiger partial charge in [0.15, 0.2) is 0 Å². The minimum Gasteiger partial charge on any atom is -0.493 e. The molecule has 0 fully saturated rings. The van der Waals surface area contributed by atoms with Crippen molar-refractivity contribution in [2.75, 3.05) is 44.4 Å². The molecule has 0 aliphatic heterocycles. The van der Waals surface area contributed by atoms with Crippen LogP contribution in [0.3, 0.4) is 0 Å². The van der Waals surface area contributed by atoms with Gasteiger partial charge in [-0.25, -0.2) is 9.37 Å². The van der Waals surface area contributed by atoms with Crippen molar-refractivity contribution in [3.8, 4) is 5.88 Å². The quantitative estimate of drug-likeness (QED) is 0.383. The molecule has 0 spiro atoms. The third-order valence-corrected chi connectivity index (χ3v) is 7.03. The van der Waals surface area contributed by atoms with Crippen molar-refractivity contribution in [2.24, 2.45) is 0 Å². The first-order valence-corrected chi connectivity index (χ1v) is 12.7. The highest BCUT2D eigenvalue weighted by Crippen LogP contribution is 2.39. The maximum Gasteiger partial charge on any atom is 0.227 e. The highest BCUT2D eigenvalue weighted by molar-refractivity contribution is 5.94. The average Bonchev–Trinajstić information content (AvgIpc) is 3.13. The molecule has 1 unspecified atom stereocenters. The first-order valence-electron chi connectivity index (χ1n) is 12.7. The summed E-state index contributed by atoms with van der Waals surface area (Å²) >= 11 is 0. The van der Waals surface area contributed by atoms with E-state index < -0.39 is 0 Å². The number of hydrogen-bond acceptors (Lipinski definition) is 7. The lowest BCUT2D eigenvalue weighted by Gasteiger charge is -2.24. The molecule has 3 heterocycles. The number of aromatic nitrogens is 4. The summed E-state index contributed by atoms with van der Waals surface area (Å²) in [4.78, 5) is 18.4. The van der Waals surface area contributed by atoms with Crippen LogP contribution in [-0.2, 0) is 12.8 Å². The first kappa shape index (κ1) is 25.0. The van der Waals surface area contributed by atoms with Crippen molar-refractivity contribution >= 4 is 22.7 Å². The molecule has 194 valence electrons. The molecule has 0 amide bonds. The van der Waals surface area contributed by atoms with Gasteiger partial charge in [-0.1, -0.05) is 18.2 Å². The fourth-order valence-electron chi connectivity index (χ4n) is 4.93. The molecule has 37 heavy (non-hydrogen) atoms. The molecule has 1 atom stereocenters. The second-order valence-electron chi connectivity index (χ2n) is 10.2.